The van der Waals surface area contributed by atoms with Crippen LogP contribution < -0.4 is 0 Å². The Morgan fingerprint density at radius 3 is 2.75 bits per heavy atom. The minimum Gasteiger partial charge on any atom is -0.115 e. The van der Waals surface area contributed by atoms with Crippen molar-refractivity contribution in [2.45, 2.75) is 13.3 Å². The van der Waals surface area contributed by atoms with Gasteiger partial charge in [0.2, 0.25) is 0 Å². The molecule has 0 aliphatic carbocycles. The summed E-state index contributed by atoms with van der Waals surface area (Å²) in [4.78, 5) is 0. The molecule has 0 heterocycles. The minimum absolute atomic E-state index is 0.945. The Morgan fingerprint density at radius 1 is 1.50 bits per heavy atom. The fourth-order valence-electron chi connectivity index (χ4n) is 0.351. The molecule has 0 bridgehead atoms. The molecule has 0 aromatic rings. The van der Waals surface area contributed by atoms with E-state index in [2.05, 4.69) is 5.92 Å². The molecule has 0 rings (SSSR count). The normalized spacial score (nSPS) is 10.5. The Bertz CT molecular complexity index is 121. The van der Waals surface area contributed by atoms with Crippen LogP contribution in [0.4, 0.5) is 0 Å². The highest BCUT2D eigenvalue weighted by atomic mass is 13.7. The molecule has 8 heavy (non-hydrogen) atoms. The van der Waals surface area contributed by atoms with Crippen LogP contribution in [0.25, 0.3) is 0 Å². The molecule has 0 aromatic heterocycles. The van der Waals surface area contributed by atoms with E-state index in [-0.39, 0.29) is 0 Å². The third kappa shape index (κ3) is 5.04. The maximum absolute atomic E-state index is 4.95. The van der Waals surface area contributed by atoms with E-state index < -0.39 is 0 Å². The molecule has 0 radical (unpaired) electrons. The number of allylic oxidation sites excluding steroid dienone is 4. The maximum Gasteiger partial charge on any atom is -0.0158 e. The van der Waals surface area contributed by atoms with Crippen LogP contribution in [-0.4, -0.2) is 0 Å². The highest BCUT2D eigenvalue weighted by Crippen LogP contribution is 1.82. The zero-order chi connectivity index (χ0) is 6.24. The van der Waals surface area contributed by atoms with Crippen molar-refractivity contribution in [2.75, 3.05) is 0 Å². The molecule has 0 aliphatic heterocycles. The summed E-state index contributed by atoms with van der Waals surface area (Å²) in [5.74, 6) is 2.41. The molecule has 0 aromatic carbocycles. The van der Waals surface area contributed by atoms with Gasteiger partial charge in [0.25, 0.3) is 0 Å². The van der Waals surface area contributed by atoms with Gasteiger partial charge in [-0.3, -0.25) is 0 Å². The van der Waals surface area contributed by atoms with Crippen molar-refractivity contribution in [3.63, 3.8) is 0 Å². The lowest BCUT2D eigenvalue weighted by Crippen LogP contribution is -1.53. The van der Waals surface area contributed by atoms with Gasteiger partial charge in [0, 0.05) is 0 Å². The molecule has 0 fully saturated rings. The lowest BCUT2D eigenvalue weighted by molar-refractivity contribution is 1.38. The lowest BCUT2D eigenvalue weighted by Gasteiger charge is -1.73. The second kappa shape index (κ2) is 6.04. The molecular formula is C8H10. The van der Waals surface area contributed by atoms with Gasteiger partial charge in [-0.05, 0) is 19.4 Å². The molecule has 0 N–H and O–H groups in total. The summed E-state index contributed by atoms with van der Waals surface area (Å²) >= 11 is 0. The summed E-state index contributed by atoms with van der Waals surface area (Å²) < 4.78 is 0. The van der Waals surface area contributed by atoms with E-state index in [0.717, 1.165) is 6.42 Å². The van der Waals surface area contributed by atoms with Gasteiger partial charge in [0.1, 0.15) is 0 Å². The fraction of sp³-hybridized carbons (Fsp3) is 0.250. The van der Waals surface area contributed by atoms with E-state index in [1.165, 1.54) is 0 Å². The first-order chi connectivity index (χ1) is 3.91. The summed E-state index contributed by atoms with van der Waals surface area (Å²) in [6, 6.07) is 0. The Kier molecular flexibility index (Phi) is 5.32. The zero-order valence-electron chi connectivity index (χ0n) is 5.09. The largest absolute Gasteiger partial charge is 0.115 e. The SMILES string of the molecule is C#C/C=C/C/C=C/C. The van der Waals surface area contributed by atoms with Gasteiger partial charge in [-0.25, -0.2) is 0 Å². The van der Waals surface area contributed by atoms with Crippen molar-refractivity contribution in [2.24, 2.45) is 0 Å². The molecule has 0 nitrogen and oxygen atoms in total. The standard InChI is InChI=1S/C8H10/c1-3-5-7-8-6-4-2/h1,4-7H,8H2,2H3/b6-4+,7-5+. The van der Waals surface area contributed by atoms with Crippen molar-refractivity contribution >= 4 is 0 Å². The van der Waals surface area contributed by atoms with Crippen LogP contribution in [0.2, 0.25) is 0 Å². The number of terminal acetylenes is 1. The quantitative estimate of drug-likeness (QED) is 0.373. The van der Waals surface area contributed by atoms with E-state index in [0.29, 0.717) is 0 Å². The van der Waals surface area contributed by atoms with Crippen molar-refractivity contribution in [1.82, 2.24) is 0 Å². The first-order valence-electron chi connectivity index (χ1n) is 2.64. The predicted octanol–water partition coefficient (Wildman–Crippen LogP) is 2.14. The Labute approximate surface area is 50.9 Å². The van der Waals surface area contributed by atoms with E-state index in [4.69, 9.17) is 6.42 Å². The molecule has 0 spiro atoms. The summed E-state index contributed by atoms with van der Waals surface area (Å²) in [6.45, 7) is 1.99. The molecule has 0 aliphatic rings. The first-order valence-corrected chi connectivity index (χ1v) is 2.64. The topological polar surface area (TPSA) is 0 Å². The van der Waals surface area contributed by atoms with Gasteiger partial charge in [-0.15, -0.1) is 6.42 Å². The van der Waals surface area contributed by atoms with E-state index in [1.54, 1.807) is 6.08 Å². The minimum atomic E-state index is 0.945. The third-order valence-electron chi connectivity index (χ3n) is 0.722. The third-order valence-corrected chi connectivity index (χ3v) is 0.722. The molecule has 0 heteroatoms. The molecule has 0 unspecified atom stereocenters. The average molecular weight is 106 g/mol. The first kappa shape index (κ1) is 7.04. The van der Waals surface area contributed by atoms with Crippen LogP contribution >= 0.6 is 0 Å². The molecule has 0 atom stereocenters. The monoisotopic (exact) mass is 106 g/mol. The van der Waals surface area contributed by atoms with Crippen LogP contribution in [0, 0.1) is 12.3 Å². The highest BCUT2D eigenvalue weighted by molar-refractivity contribution is 5.09. The Hall–Kier alpha value is -0.960. The van der Waals surface area contributed by atoms with Crippen LogP contribution in [0.15, 0.2) is 24.3 Å². The van der Waals surface area contributed by atoms with Crippen molar-refractivity contribution < 1.29 is 0 Å². The van der Waals surface area contributed by atoms with Crippen molar-refractivity contribution in [3.8, 4) is 12.3 Å². The van der Waals surface area contributed by atoms with Gasteiger partial charge in [-0.1, -0.05) is 24.1 Å². The molecule has 0 amide bonds. The fourth-order valence-corrected chi connectivity index (χ4v) is 0.351. The van der Waals surface area contributed by atoms with Crippen LogP contribution in [0.3, 0.4) is 0 Å². The second-order valence-electron chi connectivity index (χ2n) is 1.37. The van der Waals surface area contributed by atoms with Crippen LogP contribution in [0.1, 0.15) is 13.3 Å². The van der Waals surface area contributed by atoms with Gasteiger partial charge < -0.3 is 0 Å². The Morgan fingerprint density at radius 2 is 2.25 bits per heavy atom. The van der Waals surface area contributed by atoms with E-state index in [9.17, 15) is 0 Å². The summed E-state index contributed by atoms with van der Waals surface area (Å²) in [6.07, 6.45) is 13.6. The Balaban J connectivity index is 3.20. The van der Waals surface area contributed by atoms with E-state index >= 15 is 0 Å². The van der Waals surface area contributed by atoms with E-state index in [1.807, 2.05) is 25.2 Å². The lowest BCUT2D eigenvalue weighted by atomic mass is 10.3. The number of rotatable bonds is 2. The van der Waals surface area contributed by atoms with Crippen molar-refractivity contribution in [1.29, 1.82) is 0 Å². The molecular weight excluding hydrogens is 96.1 g/mol. The number of hydrogen-bond acceptors (Lipinski definition) is 0. The zero-order valence-corrected chi connectivity index (χ0v) is 5.09. The molecule has 42 valence electrons. The van der Waals surface area contributed by atoms with Crippen molar-refractivity contribution in [3.05, 3.63) is 24.3 Å². The van der Waals surface area contributed by atoms with Gasteiger partial charge in [-0.2, -0.15) is 0 Å². The van der Waals surface area contributed by atoms with Crippen LogP contribution in [-0.2, 0) is 0 Å². The van der Waals surface area contributed by atoms with Crippen LogP contribution in [0.5, 0.6) is 0 Å². The predicted molar refractivity (Wildman–Crippen MR) is 37.4 cm³/mol. The summed E-state index contributed by atoms with van der Waals surface area (Å²) in [5.41, 5.74) is 0. The molecule has 0 saturated heterocycles. The smallest absolute Gasteiger partial charge is 0.0158 e. The number of hydrogen-bond donors (Lipinski definition) is 0. The summed E-state index contributed by atoms with van der Waals surface area (Å²) in [5, 5.41) is 0. The van der Waals surface area contributed by atoms with Gasteiger partial charge >= 0.3 is 0 Å². The highest BCUT2D eigenvalue weighted by Gasteiger charge is 1.63. The maximum atomic E-state index is 4.95. The van der Waals surface area contributed by atoms with Gasteiger partial charge in [0.05, 0.1) is 0 Å². The second-order valence-corrected chi connectivity index (χ2v) is 1.37. The average Bonchev–Trinajstić information content (AvgIpc) is 1.81. The molecule has 0 saturated carbocycles. The summed E-state index contributed by atoms with van der Waals surface area (Å²) in [7, 11) is 0. The van der Waals surface area contributed by atoms with Gasteiger partial charge in [0.15, 0.2) is 0 Å².